The highest BCUT2D eigenvalue weighted by atomic mass is 16.5. The maximum atomic E-state index is 13.8. The van der Waals surface area contributed by atoms with Crippen molar-refractivity contribution in [1.82, 2.24) is 15.2 Å². The van der Waals surface area contributed by atoms with Crippen LogP contribution < -0.4 is 11.1 Å². The molecule has 0 aromatic heterocycles. The largest absolute Gasteiger partial charge is 0.374 e. The Labute approximate surface area is 217 Å². The number of carbonyl (C=O) groups is 3. The summed E-state index contributed by atoms with van der Waals surface area (Å²) >= 11 is 0. The number of likely N-dealkylation sites (tertiary alicyclic amines) is 1. The molecule has 196 valence electrons. The molecule has 2 aliphatic rings. The normalized spacial score (nSPS) is 20.3. The van der Waals surface area contributed by atoms with Crippen molar-refractivity contribution >= 4 is 23.4 Å². The van der Waals surface area contributed by atoms with Crippen molar-refractivity contribution in [3.05, 3.63) is 71.8 Å². The van der Waals surface area contributed by atoms with E-state index in [-0.39, 0.29) is 25.0 Å². The van der Waals surface area contributed by atoms with E-state index < -0.39 is 22.9 Å². The third-order valence-corrected chi connectivity index (χ3v) is 6.85. The number of hydrogen-bond acceptors (Lipinski definition) is 6. The van der Waals surface area contributed by atoms with E-state index in [4.69, 9.17) is 10.5 Å². The first-order chi connectivity index (χ1) is 17.6. The van der Waals surface area contributed by atoms with Crippen molar-refractivity contribution in [2.75, 3.05) is 26.7 Å². The maximum absolute atomic E-state index is 13.8. The average molecular weight is 506 g/mol. The molecule has 0 bridgehead atoms. The molecular weight excluding hydrogens is 470 g/mol. The second-order valence-electron chi connectivity index (χ2n) is 10.4. The minimum atomic E-state index is -1.17. The van der Waals surface area contributed by atoms with Gasteiger partial charge < -0.3 is 20.7 Å². The second-order valence-corrected chi connectivity index (χ2v) is 10.4. The van der Waals surface area contributed by atoms with E-state index >= 15 is 0 Å². The Kier molecular flexibility index (Phi) is 7.75. The zero-order valence-electron chi connectivity index (χ0n) is 21.6. The third kappa shape index (κ3) is 5.89. The van der Waals surface area contributed by atoms with E-state index in [1.54, 1.807) is 25.8 Å². The van der Waals surface area contributed by atoms with Crippen molar-refractivity contribution in [3.8, 4) is 0 Å². The van der Waals surface area contributed by atoms with Crippen LogP contribution in [0.5, 0.6) is 0 Å². The molecule has 2 aromatic carbocycles. The molecule has 4 rings (SSSR count). The number of amides is 3. The number of hydrazone groups is 1. The zero-order valence-corrected chi connectivity index (χ0v) is 21.6. The minimum Gasteiger partial charge on any atom is -0.374 e. The summed E-state index contributed by atoms with van der Waals surface area (Å²) in [4.78, 5) is 41.6. The van der Waals surface area contributed by atoms with E-state index in [1.165, 1.54) is 5.01 Å². The Bertz CT molecular complexity index is 1160. The topological polar surface area (TPSA) is 117 Å². The lowest BCUT2D eigenvalue weighted by Crippen LogP contribution is -2.61. The van der Waals surface area contributed by atoms with Gasteiger partial charge in [0.2, 0.25) is 11.8 Å². The molecule has 0 aliphatic carbocycles. The van der Waals surface area contributed by atoms with Gasteiger partial charge in [0.25, 0.3) is 5.91 Å². The van der Waals surface area contributed by atoms with E-state index in [1.807, 2.05) is 60.7 Å². The van der Waals surface area contributed by atoms with Crippen LogP contribution in [0.25, 0.3) is 0 Å². The summed E-state index contributed by atoms with van der Waals surface area (Å²) in [6.45, 7) is 4.02. The SMILES string of the molecule is CN1N=C2CCN(C(=O)C(COCc3ccccc3)NC(=O)C(C)(C)N)CC2(Cc2ccccc2)C1=O. The predicted octanol–water partition coefficient (Wildman–Crippen LogP) is 1.71. The highest BCUT2D eigenvalue weighted by Gasteiger charge is 2.54. The number of piperidine rings is 1. The minimum absolute atomic E-state index is 0.0213. The number of benzene rings is 2. The van der Waals surface area contributed by atoms with Crippen LogP contribution >= 0.6 is 0 Å². The van der Waals surface area contributed by atoms with Gasteiger partial charge in [-0.3, -0.25) is 14.4 Å². The molecule has 1 fully saturated rings. The Hall–Kier alpha value is -3.56. The molecular formula is C28H35N5O4. The first kappa shape index (κ1) is 26.5. The highest BCUT2D eigenvalue weighted by molar-refractivity contribution is 6.13. The van der Waals surface area contributed by atoms with Gasteiger partial charge in [-0.15, -0.1) is 0 Å². The summed E-state index contributed by atoms with van der Waals surface area (Å²) in [5.41, 5.74) is 6.63. The van der Waals surface area contributed by atoms with Gasteiger partial charge in [-0.25, -0.2) is 5.01 Å². The number of rotatable bonds is 9. The van der Waals surface area contributed by atoms with Gasteiger partial charge in [0.1, 0.15) is 11.5 Å². The molecule has 0 radical (unpaired) electrons. The lowest BCUT2D eigenvalue weighted by Gasteiger charge is -2.40. The van der Waals surface area contributed by atoms with Crippen LogP contribution in [0.1, 0.15) is 31.4 Å². The van der Waals surface area contributed by atoms with Gasteiger partial charge in [0.05, 0.1) is 24.5 Å². The predicted molar refractivity (Wildman–Crippen MR) is 140 cm³/mol. The second kappa shape index (κ2) is 10.8. The summed E-state index contributed by atoms with van der Waals surface area (Å²) in [5, 5.41) is 8.67. The van der Waals surface area contributed by atoms with E-state index in [9.17, 15) is 14.4 Å². The number of ether oxygens (including phenoxy) is 1. The van der Waals surface area contributed by atoms with Crippen molar-refractivity contribution in [3.63, 3.8) is 0 Å². The first-order valence-corrected chi connectivity index (χ1v) is 12.5. The molecule has 0 spiro atoms. The van der Waals surface area contributed by atoms with Gasteiger partial charge in [0.15, 0.2) is 0 Å². The summed E-state index contributed by atoms with van der Waals surface area (Å²) in [5.74, 6) is -0.892. The van der Waals surface area contributed by atoms with Gasteiger partial charge >= 0.3 is 0 Å². The lowest BCUT2D eigenvalue weighted by atomic mass is 9.73. The standard InChI is InChI=1S/C28H35N5O4/c1-27(2,29)25(35)30-22(18-37-17-21-12-8-5-9-13-21)24(34)33-15-14-23-28(19-33,26(36)32(3)31-23)16-20-10-6-4-7-11-20/h4-13,22H,14-19,29H2,1-3H3,(H,30,35). The summed E-state index contributed by atoms with van der Waals surface area (Å²) < 4.78 is 5.85. The van der Waals surface area contributed by atoms with Crippen molar-refractivity contribution in [2.24, 2.45) is 16.3 Å². The first-order valence-electron chi connectivity index (χ1n) is 12.5. The smallest absolute Gasteiger partial charge is 0.256 e. The molecule has 2 heterocycles. The van der Waals surface area contributed by atoms with Gasteiger partial charge in [-0.2, -0.15) is 5.10 Å². The third-order valence-electron chi connectivity index (χ3n) is 6.85. The molecule has 0 saturated carbocycles. The Morgan fingerprint density at radius 3 is 2.35 bits per heavy atom. The van der Waals surface area contributed by atoms with Gasteiger partial charge in [0, 0.05) is 26.6 Å². The summed E-state index contributed by atoms with van der Waals surface area (Å²) in [6, 6.07) is 18.4. The van der Waals surface area contributed by atoms with E-state index in [0.717, 1.165) is 16.8 Å². The monoisotopic (exact) mass is 505 g/mol. The van der Waals surface area contributed by atoms with Crippen LogP contribution in [0.2, 0.25) is 0 Å². The van der Waals surface area contributed by atoms with Crippen LogP contribution in [-0.2, 0) is 32.1 Å². The maximum Gasteiger partial charge on any atom is 0.256 e. The molecule has 2 atom stereocenters. The summed E-state index contributed by atoms with van der Waals surface area (Å²) in [6.07, 6.45) is 0.916. The Balaban J connectivity index is 1.54. The zero-order chi connectivity index (χ0) is 26.6. The number of nitrogens with zero attached hydrogens (tertiary/aromatic N) is 3. The lowest BCUT2D eigenvalue weighted by molar-refractivity contribution is -0.143. The number of nitrogens with two attached hydrogens (primary N) is 1. The van der Waals surface area contributed by atoms with E-state index in [0.29, 0.717) is 26.0 Å². The molecule has 3 N–H and O–H groups in total. The number of carbonyl (C=O) groups excluding carboxylic acids is 3. The van der Waals surface area contributed by atoms with Gasteiger partial charge in [-0.05, 0) is 31.4 Å². The molecule has 1 saturated heterocycles. The Morgan fingerprint density at radius 1 is 1.11 bits per heavy atom. The van der Waals surface area contributed by atoms with Crippen LogP contribution in [0.3, 0.4) is 0 Å². The molecule has 9 heteroatoms. The van der Waals surface area contributed by atoms with Crippen molar-refractivity contribution in [2.45, 2.75) is 44.9 Å². The van der Waals surface area contributed by atoms with Crippen molar-refractivity contribution in [1.29, 1.82) is 0 Å². The fraction of sp³-hybridized carbons (Fsp3) is 0.429. The quantitative estimate of drug-likeness (QED) is 0.538. The molecule has 37 heavy (non-hydrogen) atoms. The fourth-order valence-corrected chi connectivity index (χ4v) is 4.82. The Morgan fingerprint density at radius 2 is 1.73 bits per heavy atom. The molecule has 2 unspecified atom stereocenters. The van der Waals surface area contributed by atoms with E-state index in [2.05, 4.69) is 10.4 Å². The number of hydrogen-bond donors (Lipinski definition) is 2. The van der Waals surface area contributed by atoms with Crippen LogP contribution in [0.15, 0.2) is 65.8 Å². The van der Waals surface area contributed by atoms with Crippen LogP contribution in [0.4, 0.5) is 0 Å². The molecule has 2 aliphatic heterocycles. The van der Waals surface area contributed by atoms with Crippen LogP contribution in [0, 0.1) is 5.41 Å². The molecule has 9 nitrogen and oxygen atoms in total. The number of nitrogens with one attached hydrogen (secondary N) is 1. The molecule has 2 aromatic rings. The summed E-state index contributed by atoms with van der Waals surface area (Å²) in [7, 11) is 1.65. The van der Waals surface area contributed by atoms with Gasteiger partial charge in [-0.1, -0.05) is 60.7 Å². The number of fused-ring (bicyclic) bond motifs is 1. The van der Waals surface area contributed by atoms with Crippen LogP contribution in [-0.4, -0.2) is 71.7 Å². The average Bonchev–Trinajstić information content (AvgIpc) is 3.12. The molecule has 3 amide bonds. The highest BCUT2D eigenvalue weighted by Crippen LogP contribution is 2.38. The van der Waals surface area contributed by atoms with Crippen molar-refractivity contribution < 1.29 is 19.1 Å². The fourth-order valence-electron chi connectivity index (χ4n) is 4.82.